The summed E-state index contributed by atoms with van der Waals surface area (Å²) in [6.07, 6.45) is 0. The van der Waals surface area contributed by atoms with Crippen molar-refractivity contribution in [3.05, 3.63) is 70.8 Å². The van der Waals surface area contributed by atoms with Crippen molar-refractivity contribution in [1.82, 2.24) is 0 Å². The van der Waals surface area contributed by atoms with E-state index in [9.17, 15) is 34.8 Å². The van der Waals surface area contributed by atoms with Crippen LogP contribution < -0.4 is 21.2 Å². The van der Waals surface area contributed by atoms with Crippen LogP contribution in [-0.4, -0.2) is 7.58 Å². The van der Waals surface area contributed by atoms with Crippen molar-refractivity contribution in [2.75, 3.05) is 0 Å². The number of aryl methyl sites for hydroxylation is 2. The summed E-state index contributed by atoms with van der Waals surface area (Å²) in [5.74, 6) is 0. The van der Waals surface area contributed by atoms with Crippen LogP contribution in [0.5, 0.6) is 0 Å². The van der Waals surface area contributed by atoms with Crippen LogP contribution in [0.15, 0.2) is 48.5 Å². The zero-order chi connectivity index (χ0) is 20.2. The molecule has 2 aromatic rings. The molecule has 0 saturated heterocycles. The van der Waals surface area contributed by atoms with Gasteiger partial charge in [0.1, 0.15) is 0 Å². The third-order valence-corrected chi connectivity index (χ3v) is 5.03. The molecular weight excluding hydrogens is 496 g/mol. The molecule has 0 aromatic heterocycles. The van der Waals surface area contributed by atoms with Gasteiger partial charge in [-0.2, -0.15) is 0 Å². The monoisotopic (exact) mass is 510 g/mol. The molecule has 0 aliphatic rings. The molecule has 0 saturated carbocycles. The summed E-state index contributed by atoms with van der Waals surface area (Å²) in [5, 5.41) is 0. The Labute approximate surface area is 156 Å². The third kappa shape index (κ3) is 9.86. The van der Waals surface area contributed by atoms with Crippen molar-refractivity contribution in [2.45, 2.75) is 13.8 Å². The molecule has 0 radical (unpaired) electrons. The first-order valence-electron chi connectivity index (χ1n) is 6.96. The third-order valence-electron chi connectivity index (χ3n) is 2.89. The van der Waals surface area contributed by atoms with Gasteiger partial charge in [-0.15, -0.1) is 0 Å². The van der Waals surface area contributed by atoms with Crippen molar-refractivity contribution in [2.24, 2.45) is 0 Å². The fraction of sp³-hybridized carbons (Fsp3) is 0.125. The van der Waals surface area contributed by atoms with Gasteiger partial charge in [0.15, 0.2) is 0 Å². The molecule has 0 fully saturated rings. The first kappa shape index (κ1) is 22.6. The molecule has 0 aliphatic heterocycles. The van der Waals surface area contributed by atoms with E-state index in [-0.39, 0.29) is 7.58 Å². The van der Waals surface area contributed by atoms with E-state index in [2.05, 4.69) is 0 Å². The number of benzene rings is 2. The molecule has 2 rings (SSSR count). The first-order chi connectivity index (χ1) is 11.5. The van der Waals surface area contributed by atoms with Gasteiger partial charge in [-0.05, 0) is 37.1 Å². The fourth-order valence-corrected chi connectivity index (χ4v) is 4.00. The van der Waals surface area contributed by atoms with Crippen LogP contribution in [0.1, 0.15) is 31.8 Å². The van der Waals surface area contributed by atoms with Crippen molar-refractivity contribution in [3.8, 4) is 0 Å². The van der Waals surface area contributed by atoms with Gasteiger partial charge in [0.25, 0.3) is 0 Å². The van der Waals surface area contributed by atoms with Gasteiger partial charge >= 0.3 is 61.8 Å². The molecule has 0 amide bonds. The summed E-state index contributed by atoms with van der Waals surface area (Å²) in [4.78, 5) is 24.4. The molecule has 0 N–H and O–H groups in total. The van der Waals surface area contributed by atoms with Gasteiger partial charge in [0.2, 0.25) is 0 Å². The summed E-state index contributed by atoms with van der Waals surface area (Å²) < 4.78 is 59.2. The van der Waals surface area contributed by atoms with Gasteiger partial charge < -0.3 is 0 Å². The van der Waals surface area contributed by atoms with Gasteiger partial charge in [0, 0.05) is 0 Å². The summed E-state index contributed by atoms with van der Waals surface area (Å²) in [6.45, 7) is 3.80. The van der Waals surface area contributed by atoms with Crippen molar-refractivity contribution < 1.29 is 56.0 Å². The Kier molecular flexibility index (Phi) is 6.30. The van der Waals surface area contributed by atoms with E-state index in [0.717, 1.165) is 11.1 Å². The average Bonchev–Trinajstić information content (AvgIpc) is 2.44. The van der Waals surface area contributed by atoms with Crippen molar-refractivity contribution >= 4 is 15.4 Å². The molecular formula is C16H14F6IO2P. The van der Waals surface area contributed by atoms with E-state index in [1.807, 2.05) is 50.2 Å². The van der Waals surface area contributed by atoms with Gasteiger partial charge in [0.05, 0.1) is 11.1 Å². The normalized spacial score (nSPS) is 13.7. The maximum absolute atomic E-state index is 12.2. The second kappa shape index (κ2) is 7.26. The molecule has 2 nitrogen and oxygen atoms in total. The van der Waals surface area contributed by atoms with E-state index in [1.54, 1.807) is 12.1 Å². The first-order valence-corrected chi connectivity index (χ1v) is 11.1. The fourth-order valence-electron chi connectivity index (χ4n) is 1.77. The predicted molar refractivity (Wildman–Crippen MR) is 84.6 cm³/mol. The summed E-state index contributed by atoms with van der Waals surface area (Å²) in [7, 11) is -10.7. The van der Waals surface area contributed by atoms with Crippen LogP contribution in [0.2, 0.25) is 0 Å². The molecule has 144 valence electrons. The minimum absolute atomic E-state index is 0.00912. The van der Waals surface area contributed by atoms with E-state index in [4.69, 9.17) is 0 Å². The Morgan fingerprint density at radius 3 is 1.23 bits per heavy atom. The molecule has 0 unspecified atom stereocenters. The van der Waals surface area contributed by atoms with Crippen molar-refractivity contribution in [1.29, 1.82) is 0 Å². The SMILES string of the molecule is Cc1ccccc1C(=O)[I+]C(=O)c1ccccc1C.F[P-](F)(F)(F)(F)F. The Morgan fingerprint density at radius 2 is 0.962 bits per heavy atom. The summed E-state index contributed by atoms with van der Waals surface area (Å²) in [5.41, 5.74) is 3.23. The average molecular weight is 510 g/mol. The number of hydrogen-bond donors (Lipinski definition) is 0. The van der Waals surface area contributed by atoms with Crippen molar-refractivity contribution in [3.63, 3.8) is 0 Å². The van der Waals surface area contributed by atoms with Crippen LogP contribution in [0.3, 0.4) is 0 Å². The molecule has 26 heavy (non-hydrogen) atoms. The molecule has 0 heterocycles. The van der Waals surface area contributed by atoms with Crippen LogP contribution in [0, 0.1) is 13.8 Å². The maximum atomic E-state index is 12.2. The Bertz CT molecular complexity index is 767. The number of halogens is 7. The molecule has 0 spiro atoms. The van der Waals surface area contributed by atoms with Crippen LogP contribution in [-0.2, 0) is 0 Å². The molecule has 2 aromatic carbocycles. The predicted octanol–water partition coefficient (Wildman–Crippen LogP) is 3.76. The second-order valence-electron chi connectivity index (χ2n) is 5.23. The van der Waals surface area contributed by atoms with E-state index >= 15 is 0 Å². The number of carbonyl (C=O) groups is 2. The zero-order valence-corrected chi connectivity index (χ0v) is 16.6. The van der Waals surface area contributed by atoms with Gasteiger partial charge in [-0.1, -0.05) is 36.4 Å². The number of hydrogen-bond acceptors (Lipinski definition) is 2. The number of rotatable bonds is 4. The van der Waals surface area contributed by atoms with Gasteiger partial charge in [-0.25, -0.2) is 9.59 Å². The van der Waals surface area contributed by atoms with E-state index in [0.29, 0.717) is 11.1 Å². The second-order valence-corrected chi connectivity index (χ2v) is 9.65. The van der Waals surface area contributed by atoms with E-state index in [1.165, 1.54) is 0 Å². The molecule has 0 aliphatic carbocycles. The molecule has 0 bridgehead atoms. The summed E-state index contributed by atoms with van der Waals surface area (Å²) >= 11 is -1.17. The Morgan fingerprint density at radius 1 is 0.692 bits per heavy atom. The quantitative estimate of drug-likeness (QED) is 0.272. The van der Waals surface area contributed by atoms with Crippen LogP contribution >= 0.6 is 7.81 Å². The van der Waals surface area contributed by atoms with Crippen LogP contribution in [0.4, 0.5) is 25.2 Å². The molecule has 0 atom stereocenters. The van der Waals surface area contributed by atoms with Crippen LogP contribution in [0.25, 0.3) is 0 Å². The Balaban J connectivity index is 0.000000412. The summed E-state index contributed by atoms with van der Waals surface area (Å²) in [6, 6.07) is 14.8. The zero-order valence-electron chi connectivity index (χ0n) is 13.5. The Hall–Kier alpha value is -1.48. The van der Waals surface area contributed by atoms with Gasteiger partial charge in [-0.3, -0.25) is 0 Å². The standard InChI is InChI=1S/C16H14IO2.F6P/c1-11-7-3-5-9-13(11)15(18)17-16(19)14-10-6-4-8-12(14)2;1-7(2,3,4,5)6/h3-10H,1-2H3;/q+1;-1. The minimum atomic E-state index is -10.7. The topological polar surface area (TPSA) is 34.1 Å². The molecule has 10 heteroatoms. The van der Waals surface area contributed by atoms with E-state index < -0.39 is 29.0 Å². The number of carbonyl (C=O) groups excluding carboxylic acids is 2.